The fourth-order valence-corrected chi connectivity index (χ4v) is 3.80. The van der Waals surface area contributed by atoms with Gasteiger partial charge in [0, 0.05) is 16.8 Å². The number of aromatic amines is 1. The molecule has 30 heavy (non-hydrogen) atoms. The zero-order chi connectivity index (χ0) is 20.5. The molecule has 0 fully saturated rings. The summed E-state index contributed by atoms with van der Waals surface area (Å²) in [5.41, 5.74) is 3.00. The Morgan fingerprint density at radius 3 is 2.67 bits per heavy atom. The van der Waals surface area contributed by atoms with Crippen LogP contribution in [0.25, 0.3) is 27.6 Å². The van der Waals surface area contributed by atoms with Crippen LogP contribution < -0.4 is 10.9 Å². The molecule has 0 unspecified atom stereocenters. The fraction of sp³-hybridized carbons (Fsp3) is 0.130. The minimum Gasteiger partial charge on any atom is -0.360 e. The molecule has 3 aromatic heterocycles. The number of benzene rings is 2. The van der Waals surface area contributed by atoms with Crippen LogP contribution in [0.4, 0.5) is 5.82 Å². The predicted octanol–water partition coefficient (Wildman–Crippen LogP) is 4.22. The second-order valence-electron chi connectivity index (χ2n) is 7.06. The SMILES string of the molecule is CC[C@H](Nc1ncnc2[nH]cnc12)c1cc2ccccc2c(=O)n1-c1ccccc1. The number of hydrogen-bond acceptors (Lipinski definition) is 5. The molecule has 7 heteroatoms. The zero-order valence-electron chi connectivity index (χ0n) is 16.4. The van der Waals surface area contributed by atoms with E-state index in [0.717, 1.165) is 23.2 Å². The maximum atomic E-state index is 13.5. The average molecular weight is 396 g/mol. The quantitative estimate of drug-likeness (QED) is 0.464. The molecule has 7 nitrogen and oxygen atoms in total. The van der Waals surface area contributed by atoms with Crippen LogP contribution >= 0.6 is 0 Å². The van der Waals surface area contributed by atoms with Gasteiger partial charge in [-0.1, -0.05) is 43.3 Å². The fourth-order valence-electron chi connectivity index (χ4n) is 3.80. The number of para-hydroxylation sites is 1. The van der Waals surface area contributed by atoms with Gasteiger partial charge < -0.3 is 10.3 Å². The number of H-pyrrole nitrogens is 1. The number of hydrogen-bond donors (Lipinski definition) is 2. The highest BCUT2D eigenvalue weighted by Crippen LogP contribution is 2.27. The van der Waals surface area contributed by atoms with Crippen molar-refractivity contribution in [3.05, 3.63) is 89.4 Å². The number of anilines is 1. The van der Waals surface area contributed by atoms with Crippen LogP contribution in [0.3, 0.4) is 0 Å². The third-order valence-corrected chi connectivity index (χ3v) is 5.26. The largest absolute Gasteiger partial charge is 0.360 e. The molecule has 0 bridgehead atoms. The second kappa shape index (κ2) is 7.44. The minimum absolute atomic E-state index is 0.0397. The molecule has 0 aliphatic rings. The van der Waals surface area contributed by atoms with E-state index in [4.69, 9.17) is 0 Å². The molecule has 0 aliphatic heterocycles. The number of fused-ring (bicyclic) bond motifs is 2. The van der Waals surface area contributed by atoms with Gasteiger partial charge in [0.05, 0.1) is 12.4 Å². The summed E-state index contributed by atoms with van der Waals surface area (Å²) in [4.78, 5) is 29.4. The first-order valence-corrected chi connectivity index (χ1v) is 9.87. The Morgan fingerprint density at radius 2 is 1.83 bits per heavy atom. The van der Waals surface area contributed by atoms with E-state index in [0.29, 0.717) is 22.4 Å². The summed E-state index contributed by atoms with van der Waals surface area (Å²) in [6, 6.07) is 19.3. The Bertz CT molecular complexity index is 1390. The molecule has 3 heterocycles. The van der Waals surface area contributed by atoms with Crippen LogP contribution in [0.15, 0.2) is 78.1 Å². The Balaban J connectivity index is 1.71. The molecular formula is C23H20N6O. The van der Waals surface area contributed by atoms with Crippen molar-refractivity contribution < 1.29 is 0 Å². The van der Waals surface area contributed by atoms with Gasteiger partial charge in [-0.05, 0) is 36.1 Å². The van der Waals surface area contributed by atoms with Crippen LogP contribution in [-0.2, 0) is 0 Å². The number of pyridine rings is 1. The third kappa shape index (κ3) is 3.00. The molecular weight excluding hydrogens is 376 g/mol. The maximum absolute atomic E-state index is 13.5. The van der Waals surface area contributed by atoms with E-state index in [1.165, 1.54) is 6.33 Å². The van der Waals surface area contributed by atoms with Crippen molar-refractivity contribution in [3.63, 3.8) is 0 Å². The zero-order valence-corrected chi connectivity index (χ0v) is 16.4. The summed E-state index contributed by atoms with van der Waals surface area (Å²) in [6.07, 6.45) is 3.85. The second-order valence-corrected chi connectivity index (χ2v) is 7.06. The van der Waals surface area contributed by atoms with Crippen molar-refractivity contribution in [3.8, 4) is 5.69 Å². The van der Waals surface area contributed by atoms with Crippen molar-refractivity contribution in [2.75, 3.05) is 5.32 Å². The first kappa shape index (κ1) is 18.1. The van der Waals surface area contributed by atoms with Crippen molar-refractivity contribution >= 4 is 27.8 Å². The average Bonchev–Trinajstić information content (AvgIpc) is 3.28. The normalized spacial score (nSPS) is 12.3. The molecule has 148 valence electrons. The Labute approximate surface area is 172 Å². The van der Waals surface area contributed by atoms with Gasteiger partial charge in [-0.2, -0.15) is 0 Å². The van der Waals surface area contributed by atoms with Gasteiger partial charge >= 0.3 is 0 Å². The monoisotopic (exact) mass is 396 g/mol. The van der Waals surface area contributed by atoms with Gasteiger partial charge in [0.25, 0.3) is 5.56 Å². The Kier molecular flexibility index (Phi) is 4.48. The van der Waals surface area contributed by atoms with Gasteiger partial charge in [-0.3, -0.25) is 9.36 Å². The van der Waals surface area contributed by atoms with Gasteiger partial charge in [-0.25, -0.2) is 15.0 Å². The van der Waals surface area contributed by atoms with Gasteiger partial charge in [0.1, 0.15) is 11.8 Å². The van der Waals surface area contributed by atoms with Crippen LogP contribution in [0.2, 0.25) is 0 Å². The van der Waals surface area contributed by atoms with E-state index in [2.05, 4.69) is 38.2 Å². The lowest BCUT2D eigenvalue weighted by molar-refractivity contribution is 0.689. The molecule has 2 N–H and O–H groups in total. The van der Waals surface area contributed by atoms with E-state index < -0.39 is 0 Å². The van der Waals surface area contributed by atoms with Crippen molar-refractivity contribution in [1.29, 1.82) is 0 Å². The molecule has 2 aromatic carbocycles. The summed E-state index contributed by atoms with van der Waals surface area (Å²) in [7, 11) is 0. The highest BCUT2D eigenvalue weighted by atomic mass is 16.1. The number of rotatable bonds is 5. The topological polar surface area (TPSA) is 88.5 Å². The van der Waals surface area contributed by atoms with Gasteiger partial charge in [-0.15, -0.1) is 0 Å². The number of nitrogens with zero attached hydrogens (tertiary/aromatic N) is 4. The van der Waals surface area contributed by atoms with Crippen molar-refractivity contribution in [1.82, 2.24) is 24.5 Å². The van der Waals surface area contributed by atoms with Crippen molar-refractivity contribution in [2.45, 2.75) is 19.4 Å². The lowest BCUT2D eigenvalue weighted by Gasteiger charge is -2.23. The smallest absolute Gasteiger partial charge is 0.263 e. The molecule has 5 aromatic rings. The minimum atomic E-state index is -0.155. The van der Waals surface area contributed by atoms with Crippen LogP contribution in [0.5, 0.6) is 0 Å². The summed E-state index contributed by atoms with van der Waals surface area (Å²) in [6.45, 7) is 2.08. The lowest BCUT2D eigenvalue weighted by atomic mass is 10.0. The summed E-state index contributed by atoms with van der Waals surface area (Å²) >= 11 is 0. The Hall–Kier alpha value is -4.00. The van der Waals surface area contributed by atoms with E-state index in [-0.39, 0.29) is 11.6 Å². The third-order valence-electron chi connectivity index (χ3n) is 5.26. The summed E-state index contributed by atoms with van der Waals surface area (Å²) < 4.78 is 1.78. The molecule has 0 saturated carbocycles. The van der Waals surface area contributed by atoms with E-state index in [1.807, 2.05) is 54.6 Å². The standard InChI is InChI=1S/C23H20N6O/c1-2-18(28-22-20-21(25-13-24-20)26-14-27-22)19-12-15-8-6-7-11-17(15)23(30)29(19)16-9-4-3-5-10-16/h3-14,18H,2H2,1H3,(H2,24,25,26,27,28)/t18-/m0/s1. The van der Waals surface area contributed by atoms with Crippen LogP contribution in [0, 0.1) is 0 Å². The highest BCUT2D eigenvalue weighted by Gasteiger charge is 2.20. The molecule has 5 rings (SSSR count). The van der Waals surface area contributed by atoms with Gasteiger partial charge in [0.15, 0.2) is 11.5 Å². The first-order chi connectivity index (χ1) is 14.8. The molecule has 1 atom stereocenters. The molecule has 0 amide bonds. The Morgan fingerprint density at radius 1 is 1.03 bits per heavy atom. The van der Waals surface area contributed by atoms with E-state index >= 15 is 0 Å². The van der Waals surface area contributed by atoms with Crippen molar-refractivity contribution in [2.24, 2.45) is 0 Å². The van der Waals surface area contributed by atoms with Crippen LogP contribution in [-0.4, -0.2) is 24.5 Å². The highest BCUT2D eigenvalue weighted by molar-refractivity contribution is 5.84. The maximum Gasteiger partial charge on any atom is 0.263 e. The number of nitrogens with one attached hydrogen (secondary N) is 2. The predicted molar refractivity (Wildman–Crippen MR) is 118 cm³/mol. The molecule has 0 saturated heterocycles. The molecule has 0 radical (unpaired) electrons. The van der Waals surface area contributed by atoms with E-state index in [9.17, 15) is 4.79 Å². The summed E-state index contributed by atoms with van der Waals surface area (Å²) in [5, 5.41) is 5.09. The number of aromatic nitrogens is 5. The van der Waals surface area contributed by atoms with E-state index in [1.54, 1.807) is 10.9 Å². The van der Waals surface area contributed by atoms with Crippen LogP contribution in [0.1, 0.15) is 25.1 Å². The number of imidazole rings is 1. The lowest BCUT2D eigenvalue weighted by Crippen LogP contribution is -2.26. The van der Waals surface area contributed by atoms with Gasteiger partial charge in [0.2, 0.25) is 0 Å². The molecule has 0 aliphatic carbocycles. The summed E-state index contributed by atoms with van der Waals surface area (Å²) in [5.74, 6) is 0.633. The molecule has 0 spiro atoms. The first-order valence-electron chi connectivity index (χ1n) is 9.87.